The van der Waals surface area contributed by atoms with Crippen LogP contribution in [0.2, 0.25) is 0 Å². The lowest BCUT2D eigenvalue weighted by Crippen LogP contribution is -2.42. The van der Waals surface area contributed by atoms with Gasteiger partial charge >= 0.3 is 0 Å². The monoisotopic (exact) mass is 229 g/mol. The van der Waals surface area contributed by atoms with Gasteiger partial charge in [0.25, 0.3) is 0 Å². The molecule has 0 saturated heterocycles. The van der Waals surface area contributed by atoms with Gasteiger partial charge in [-0.2, -0.15) is 0 Å². The average molecular weight is 229 g/mol. The van der Waals surface area contributed by atoms with E-state index in [0.29, 0.717) is 13.1 Å². The van der Waals surface area contributed by atoms with Crippen LogP contribution >= 0.6 is 0 Å². The third-order valence-electron chi connectivity index (χ3n) is 2.52. The van der Waals surface area contributed by atoms with Crippen LogP contribution in [0, 0.1) is 5.41 Å². The number of hydrogen-bond acceptors (Lipinski definition) is 3. The molecule has 0 radical (unpaired) electrons. The molecule has 4 nitrogen and oxygen atoms in total. The Labute approximate surface area is 99.6 Å². The van der Waals surface area contributed by atoms with E-state index in [1.807, 2.05) is 11.9 Å². The lowest BCUT2D eigenvalue weighted by Gasteiger charge is -2.28. The first-order valence-corrected chi connectivity index (χ1v) is 6.06. The van der Waals surface area contributed by atoms with Crippen molar-refractivity contribution in [3.8, 4) is 0 Å². The molecule has 0 fully saturated rings. The minimum absolute atomic E-state index is 0.0679. The highest BCUT2D eigenvalue weighted by Gasteiger charge is 2.19. The SMILES string of the molecule is CCCCNC(=O)CN(C)CC(C)(C)CN. The summed E-state index contributed by atoms with van der Waals surface area (Å²) in [6.45, 7) is 9.04. The van der Waals surface area contributed by atoms with Crippen LogP contribution in [0.4, 0.5) is 0 Å². The maximum Gasteiger partial charge on any atom is 0.234 e. The predicted octanol–water partition coefficient (Wildman–Crippen LogP) is 0.819. The van der Waals surface area contributed by atoms with Crippen LogP contribution in [0.15, 0.2) is 0 Å². The number of likely N-dealkylation sites (N-methyl/N-ethyl adjacent to an activating group) is 1. The van der Waals surface area contributed by atoms with E-state index in [0.717, 1.165) is 25.9 Å². The standard InChI is InChI=1S/C12H27N3O/c1-5-6-7-14-11(16)8-15(4)10-12(2,3)9-13/h5-10,13H2,1-4H3,(H,14,16). The first-order chi connectivity index (χ1) is 7.41. The smallest absolute Gasteiger partial charge is 0.234 e. The molecule has 0 aromatic heterocycles. The summed E-state index contributed by atoms with van der Waals surface area (Å²) in [6.07, 6.45) is 2.15. The second kappa shape index (κ2) is 7.63. The molecular weight excluding hydrogens is 202 g/mol. The van der Waals surface area contributed by atoms with Crippen LogP contribution in [0.3, 0.4) is 0 Å². The van der Waals surface area contributed by atoms with Gasteiger partial charge in [-0.25, -0.2) is 0 Å². The van der Waals surface area contributed by atoms with Gasteiger partial charge < -0.3 is 11.1 Å². The first-order valence-electron chi connectivity index (χ1n) is 6.06. The van der Waals surface area contributed by atoms with Crippen molar-refractivity contribution in [1.82, 2.24) is 10.2 Å². The van der Waals surface area contributed by atoms with Gasteiger partial charge in [-0.15, -0.1) is 0 Å². The zero-order chi connectivity index (χ0) is 12.6. The number of nitrogens with zero attached hydrogens (tertiary/aromatic N) is 1. The summed E-state index contributed by atoms with van der Waals surface area (Å²) in [5, 5.41) is 2.91. The zero-order valence-corrected chi connectivity index (χ0v) is 11.2. The summed E-state index contributed by atoms with van der Waals surface area (Å²) < 4.78 is 0. The summed E-state index contributed by atoms with van der Waals surface area (Å²) in [4.78, 5) is 13.5. The fourth-order valence-electron chi connectivity index (χ4n) is 1.56. The lowest BCUT2D eigenvalue weighted by atomic mass is 9.93. The van der Waals surface area contributed by atoms with Gasteiger partial charge in [0.05, 0.1) is 6.54 Å². The van der Waals surface area contributed by atoms with E-state index in [9.17, 15) is 4.79 Å². The van der Waals surface area contributed by atoms with Crippen LogP contribution in [0.25, 0.3) is 0 Å². The number of hydrogen-bond donors (Lipinski definition) is 2. The van der Waals surface area contributed by atoms with Crippen LogP contribution in [-0.4, -0.2) is 44.0 Å². The number of nitrogens with two attached hydrogens (primary N) is 1. The Kier molecular flexibility index (Phi) is 7.34. The fraction of sp³-hybridized carbons (Fsp3) is 0.917. The maximum atomic E-state index is 11.5. The molecular formula is C12H27N3O. The molecule has 0 saturated carbocycles. The highest BCUT2D eigenvalue weighted by Crippen LogP contribution is 2.13. The Morgan fingerprint density at radius 3 is 2.56 bits per heavy atom. The van der Waals surface area contributed by atoms with Crippen LogP contribution in [-0.2, 0) is 4.79 Å². The molecule has 0 unspecified atom stereocenters. The Hall–Kier alpha value is -0.610. The number of nitrogens with one attached hydrogen (secondary N) is 1. The molecule has 16 heavy (non-hydrogen) atoms. The van der Waals surface area contributed by atoms with Crippen LogP contribution in [0.1, 0.15) is 33.6 Å². The minimum Gasteiger partial charge on any atom is -0.355 e. The summed E-state index contributed by atoms with van der Waals surface area (Å²) in [5.41, 5.74) is 5.72. The van der Waals surface area contributed by atoms with Crippen molar-refractivity contribution in [3.63, 3.8) is 0 Å². The summed E-state index contributed by atoms with van der Waals surface area (Å²) in [6, 6.07) is 0. The van der Waals surface area contributed by atoms with Crippen LogP contribution < -0.4 is 11.1 Å². The first kappa shape index (κ1) is 15.4. The molecule has 0 aliphatic carbocycles. The molecule has 0 heterocycles. The largest absolute Gasteiger partial charge is 0.355 e. The van der Waals surface area contributed by atoms with Gasteiger partial charge in [-0.3, -0.25) is 9.69 Å². The van der Waals surface area contributed by atoms with Crippen molar-refractivity contribution in [2.45, 2.75) is 33.6 Å². The van der Waals surface area contributed by atoms with Gasteiger partial charge in [0.15, 0.2) is 0 Å². The molecule has 4 heteroatoms. The van der Waals surface area contributed by atoms with Crippen molar-refractivity contribution < 1.29 is 4.79 Å². The third-order valence-corrected chi connectivity index (χ3v) is 2.52. The molecule has 1 amide bonds. The second-order valence-corrected chi connectivity index (χ2v) is 5.24. The van der Waals surface area contributed by atoms with Crippen LogP contribution in [0.5, 0.6) is 0 Å². The van der Waals surface area contributed by atoms with Crippen molar-refractivity contribution in [1.29, 1.82) is 0 Å². The maximum absolute atomic E-state index is 11.5. The van der Waals surface area contributed by atoms with Crippen molar-refractivity contribution in [2.24, 2.45) is 11.1 Å². The molecule has 0 spiro atoms. The third kappa shape index (κ3) is 7.65. The molecule has 0 atom stereocenters. The Morgan fingerprint density at radius 2 is 2.06 bits per heavy atom. The molecule has 0 bridgehead atoms. The van der Waals surface area contributed by atoms with Gasteiger partial charge in [-0.1, -0.05) is 27.2 Å². The number of carbonyl (C=O) groups excluding carboxylic acids is 1. The summed E-state index contributed by atoms with van der Waals surface area (Å²) in [5.74, 6) is 0.101. The number of unbranched alkanes of at least 4 members (excludes halogenated alkanes) is 1. The molecule has 0 aliphatic heterocycles. The van der Waals surface area contributed by atoms with E-state index in [-0.39, 0.29) is 11.3 Å². The highest BCUT2D eigenvalue weighted by molar-refractivity contribution is 5.77. The van der Waals surface area contributed by atoms with E-state index >= 15 is 0 Å². The second-order valence-electron chi connectivity index (χ2n) is 5.24. The zero-order valence-electron chi connectivity index (χ0n) is 11.2. The van der Waals surface area contributed by atoms with Gasteiger partial charge in [0, 0.05) is 13.1 Å². The van der Waals surface area contributed by atoms with Gasteiger partial charge in [-0.05, 0) is 25.4 Å². The van der Waals surface area contributed by atoms with E-state index in [4.69, 9.17) is 5.73 Å². The Bertz CT molecular complexity index is 204. The van der Waals surface area contributed by atoms with Gasteiger partial charge in [0.1, 0.15) is 0 Å². The predicted molar refractivity (Wildman–Crippen MR) is 68.3 cm³/mol. The quantitative estimate of drug-likeness (QED) is 0.606. The summed E-state index contributed by atoms with van der Waals surface area (Å²) >= 11 is 0. The molecule has 0 aromatic carbocycles. The van der Waals surface area contributed by atoms with E-state index in [2.05, 4.69) is 26.1 Å². The van der Waals surface area contributed by atoms with Crippen molar-refractivity contribution in [3.05, 3.63) is 0 Å². The average Bonchev–Trinajstić information content (AvgIpc) is 2.17. The Morgan fingerprint density at radius 1 is 1.44 bits per heavy atom. The number of rotatable bonds is 8. The molecule has 96 valence electrons. The highest BCUT2D eigenvalue weighted by atomic mass is 16.2. The Balaban J connectivity index is 3.78. The molecule has 3 N–H and O–H groups in total. The lowest BCUT2D eigenvalue weighted by molar-refractivity contribution is -0.122. The minimum atomic E-state index is 0.0679. The molecule has 0 rings (SSSR count). The number of amides is 1. The summed E-state index contributed by atoms with van der Waals surface area (Å²) in [7, 11) is 1.96. The van der Waals surface area contributed by atoms with E-state index in [1.54, 1.807) is 0 Å². The molecule has 0 aromatic rings. The number of carbonyl (C=O) groups is 1. The normalized spacial score (nSPS) is 11.9. The van der Waals surface area contributed by atoms with Crippen molar-refractivity contribution in [2.75, 3.05) is 33.2 Å². The fourth-order valence-corrected chi connectivity index (χ4v) is 1.56. The van der Waals surface area contributed by atoms with Gasteiger partial charge in [0.2, 0.25) is 5.91 Å². The topological polar surface area (TPSA) is 58.4 Å². The van der Waals surface area contributed by atoms with E-state index < -0.39 is 0 Å². The molecule has 0 aliphatic rings. The van der Waals surface area contributed by atoms with E-state index in [1.165, 1.54) is 0 Å². The van der Waals surface area contributed by atoms with Crippen molar-refractivity contribution >= 4 is 5.91 Å².